The zero-order valence-electron chi connectivity index (χ0n) is 8.47. The van der Waals surface area contributed by atoms with Crippen LogP contribution in [0, 0.1) is 5.92 Å². The Hall–Kier alpha value is -0.790. The van der Waals surface area contributed by atoms with Crippen molar-refractivity contribution in [3.8, 4) is 0 Å². The first-order valence-electron chi connectivity index (χ1n) is 5.07. The highest BCUT2D eigenvalue weighted by Gasteiger charge is 2.18. The van der Waals surface area contributed by atoms with Gasteiger partial charge in [0.05, 0.1) is 0 Å². The highest BCUT2D eigenvalue weighted by Crippen LogP contribution is 2.32. The summed E-state index contributed by atoms with van der Waals surface area (Å²) in [7, 11) is 0. The average molecular weight is 182 g/mol. The van der Waals surface area contributed by atoms with Gasteiger partial charge < -0.3 is 5.11 Å². The standard InChI is InChI=1S/C11H18O2/c1-3-9-5-4-6-10(7-9)8(2)11(12)13/h9H,3-7H2,1-2H3,(H,12,13). The Labute approximate surface area is 79.6 Å². The summed E-state index contributed by atoms with van der Waals surface area (Å²) in [5.74, 6) is -0.0233. The Morgan fingerprint density at radius 2 is 2.31 bits per heavy atom. The van der Waals surface area contributed by atoms with E-state index in [1.54, 1.807) is 6.92 Å². The minimum absolute atomic E-state index is 0.582. The lowest BCUT2D eigenvalue weighted by Gasteiger charge is -2.23. The van der Waals surface area contributed by atoms with Crippen molar-refractivity contribution in [2.75, 3.05) is 0 Å². The van der Waals surface area contributed by atoms with Crippen LogP contribution in [0.2, 0.25) is 0 Å². The first-order valence-corrected chi connectivity index (χ1v) is 5.07. The van der Waals surface area contributed by atoms with Crippen LogP contribution in [0.3, 0.4) is 0 Å². The van der Waals surface area contributed by atoms with Gasteiger partial charge in [-0.15, -0.1) is 0 Å². The number of hydrogen-bond acceptors (Lipinski definition) is 1. The van der Waals surface area contributed by atoms with Crippen LogP contribution in [0.15, 0.2) is 11.1 Å². The maximum absolute atomic E-state index is 10.7. The van der Waals surface area contributed by atoms with Crippen LogP contribution >= 0.6 is 0 Å². The van der Waals surface area contributed by atoms with Gasteiger partial charge in [0, 0.05) is 5.57 Å². The van der Waals surface area contributed by atoms with Crippen LogP contribution < -0.4 is 0 Å². The molecule has 0 aliphatic heterocycles. The van der Waals surface area contributed by atoms with E-state index in [1.807, 2.05) is 0 Å². The summed E-state index contributed by atoms with van der Waals surface area (Å²) in [6.45, 7) is 3.92. The van der Waals surface area contributed by atoms with Gasteiger partial charge in [0.25, 0.3) is 0 Å². The Kier molecular flexibility index (Phi) is 3.52. The molecule has 1 unspecified atom stereocenters. The van der Waals surface area contributed by atoms with E-state index in [4.69, 9.17) is 5.11 Å². The van der Waals surface area contributed by atoms with Gasteiger partial charge in [-0.2, -0.15) is 0 Å². The maximum atomic E-state index is 10.7. The van der Waals surface area contributed by atoms with Crippen molar-refractivity contribution in [3.05, 3.63) is 11.1 Å². The molecule has 0 aromatic carbocycles. The number of hydrogen-bond donors (Lipinski definition) is 1. The second-order valence-electron chi connectivity index (χ2n) is 3.90. The smallest absolute Gasteiger partial charge is 0.331 e. The zero-order chi connectivity index (χ0) is 9.84. The van der Waals surface area contributed by atoms with Crippen molar-refractivity contribution in [2.24, 2.45) is 5.92 Å². The van der Waals surface area contributed by atoms with E-state index >= 15 is 0 Å². The molecule has 2 nitrogen and oxygen atoms in total. The maximum Gasteiger partial charge on any atom is 0.331 e. The van der Waals surface area contributed by atoms with Crippen molar-refractivity contribution in [1.82, 2.24) is 0 Å². The fourth-order valence-corrected chi connectivity index (χ4v) is 2.00. The molecule has 1 rings (SSSR count). The number of rotatable bonds is 2. The number of aliphatic carboxylic acids is 1. The van der Waals surface area contributed by atoms with Crippen molar-refractivity contribution in [2.45, 2.75) is 46.0 Å². The molecule has 0 aromatic heterocycles. The lowest BCUT2D eigenvalue weighted by molar-refractivity contribution is -0.132. The van der Waals surface area contributed by atoms with Crippen LogP contribution in [-0.2, 0) is 4.79 Å². The lowest BCUT2D eigenvalue weighted by Crippen LogP contribution is -2.11. The monoisotopic (exact) mass is 182 g/mol. The quantitative estimate of drug-likeness (QED) is 0.666. The summed E-state index contributed by atoms with van der Waals surface area (Å²) < 4.78 is 0. The van der Waals surface area contributed by atoms with Gasteiger partial charge in [-0.3, -0.25) is 0 Å². The molecular weight excluding hydrogens is 164 g/mol. The highest BCUT2D eigenvalue weighted by molar-refractivity contribution is 5.86. The molecule has 0 heterocycles. The number of carboxylic acid groups (broad SMARTS) is 1. The van der Waals surface area contributed by atoms with Crippen molar-refractivity contribution in [3.63, 3.8) is 0 Å². The largest absolute Gasteiger partial charge is 0.478 e. The van der Waals surface area contributed by atoms with E-state index in [2.05, 4.69) is 6.92 Å². The molecule has 13 heavy (non-hydrogen) atoms. The Morgan fingerprint density at radius 3 is 2.85 bits per heavy atom. The number of carboxylic acids is 1. The van der Waals surface area contributed by atoms with E-state index in [-0.39, 0.29) is 0 Å². The zero-order valence-corrected chi connectivity index (χ0v) is 8.47. The van der Waals surface area contributed by atoms with Crippen LogP contribution in [0.4, 0.5) is 0 Å². The summed E-state index contributed by atoms with van der Waals surface area (Å²) in [4.78, 5) is 10.7. The summed E-state index contributed by atoms with van der Waals surface area (Å²) in [6, 6.07) is 0. The summed E-state index contributed by atoms with van der Waals surface area (Å²) >= 11 is 0. The molecule has 1 saturated carbocycles. The molecule has 0 saturated heterocycles. The van der Waals surface area contributed by atoms with Crippen LogP contribution in [-0.4, -0.2) is 11.1 Å². The van der Waals surface area contributed by atoms with Gasteiger partial charge in [0.15, 0.2) is 0 Å². The molecule has 1 fully saturated rings. The molecule has 0 bridgehead atoms. The van der Waals surface area contributed by atoms with Crippen molar-refractivity contribution < 1.29 is 9.90 Å². The van der Waals surface area contributed by atoms with Gasteiger partial charge in [-0.1, -0.05) is 18.9 Å². The van der Waals surface area contributed by atoms with Gasteiger partial charge in [0.2, 0.25) is 0 Å². The number of allylic oxidation sites excluding steroid dienone is 1. The second-order valence-corrected chi connectivity index (χ2v) is 3.90. The Morgan fingerprint density at radius 1 is 1.62 bits per heavy atom. The first-order chi connectivity index (χ1) is 6.15. The molecule has 2 heteroatoms. The molecule has 1 aliphatic carbocycles. The third-order valence-corrected chi connectivity index (χ3v) is 3.05. The molecular formula is C11H18O2. The van der Waals surface area contributed by atoms with E-state index in [9.17, 15) is 4.79 Å². The van der Waals surface area contributed by atoms with E-state index in [0.29, 0.717) is 5.57 Å². The first kappa shape index (κ1) is 10.3. The minimum Gasteiger partial charge on any atom is -0.478 e. The fourth-order valence-electron chi connectivity index (χ4n) is 2.00. The SMILES string of the molecule is CCC1CCCC(=C(C)C(=O)O)C1. The fraction of sp³-hybridized carbons (Fsp3) is 0.727. The van der Waals surface area contributed by atoms with Crippen LogP contribution in [0.1, 0.15) is 46.0 Å². The average Bonchev–Trinajstić information content (AvgIpc) is 2.16. The molecule has 0 amide bonds. The second kappa shape index (κ2) is 4.45. The summed E-state index contributed by atoms with van der Waals surface area (Å²) in [6.07, 6.45) is 5.62. The third-order valence-electron chi connectivity index (χ3n) is 3.05. The van der Waals surface area contributed by atoms with Crippen molar-refractivity contribution >= 4 is 5.97 Å². The van der Waals surface area contributed by atoms with Crippen molar-refractivity contribution in [1.29, 1.82) is 0 Å². The number of carbonyl (C=O) groups is 1. The van der Waals surface area contributed by atoms with Gasteiger partial charge in [0.1, 0.15) is 0 Å². The molecule has 1 N–H and O–H groups in total. The van der Waals surface area contributed by atoms with Crippen LogP contribution in [0.5, 0.6) is 0 Å². The summed E-state index contributed by atoms with van der Waals surface area (Å²) in [5, 5.41) is 8.84. The predicted molar refractivity (Wildman–Crippen MR) is 52.6 cm³/mol. The molecule has 1 atom stereocenters. The highest BCUT2D eigenvalue weighted by atomic mass is 16.4. The topological polar surface area (TPSA) is 37.3 Å². The van der Waals surface area contributed by atoms with Crippen LogP contribution in [0.25, 0.3) is 0 Å². The van der Waals surface area contributed by atoms with E-state index < -0.39 is 5.97 Å². The van der Waals surface area contributed by atoms with Gasteiger partial charge >= 0.3 is 5.97 Å². The third kappa shape index (κ3) is 2.58. The van der Waals surface area contributed by atoms with E-state index in [1.165, 1.54) is 24.8 Å². The molecule has 74 valence electrons. The predicted octanol–water partition coefficient (Wildman–Crippen LogP) is 2.99. The Balaban J connectivity index is 2.70. The Bertz CT molecular complexity index is 228. The summed E-state index contributed by atoms with van der Waals surface area (Å²) in [5.41, 5.74) is 1.75. The lowest BCUT2D eigenvalue weighted by atomic mass is 9.82. The van der Waals surface area contributed by atoms with Gasteiger partial charge in [-0.25, -0.2) is 4.79 Å². The molecule has 1 aliphatic rings. The normalized spacial score (nSPS) is 27.1. The van der Waals surface area contributed by atoms with Gasteiger partial charge in [-0.05, 0) is 38.5 Å². The van der Waals surface area contributed by atoms with E-state index in [0.717, 1.165) is 18.8 Å². The molecule has 0 aromatic rings. The minimum atomic E-state index is -0.744. The molecule has 0 radical (unpaired) electrons. The molecule has 0 spiro atoms.